The number of hydrogen-bond donors (Lipinski definition) is 0. The second-order valence-electron chi connectivity index (χ2n) is 3.46. The van der Waals surface area contributed by atoms with Crippen molar-refractivity contribution in [2.75, 3.05) is 27.2 Å². The Morgan fingerprint density at radius 3 is 1.56 bits per heavy atom. The molecule has 16 heavy (non-hydrogen) atoms. The standard InChI is InChI=1S/C10H18N6/c1-15(9-5-3-7-11)13-14-16(2)10-6-4-8-12/h3-6,9-10H2,1-2H3/b14-13+. The molecule has 0 aromatic heterocycles. The fraction of sp³-hybridized carbons (Fsp3) is 0.800. The average molecular weight is 222 g/mol. The van der Waals surface area contributed by atoms with Gasteiger partial charge in [0.15, 0.2) is 0 Å². The van der Waals surface area contributed by atoms with Crippen molar-refractivity contribution in [2.45, 2.75) is 25.7 Å². The first-order chi connectivity index (χ1) is 7.70. The summed E-state index contributed by atoms with van der Waals surface area (Å²) in [6, 6.07) is 4.16. The van der Waals surface area contributed by atoms with Crippen molar-refractivity contribution in [3.05, 3.63) is 0 Å². The van der Waals surface area contributed by atoms with E-state index in [4.69, 9.17) is 10.5 Å². The fourth-order valence-electron chi connectivity index (χ4n) is 1.000. The van der Waals surface area contributed by atoms with Gasteiger partial charge in [-0.2, -0.15) is 10.5 Å². The van der Waals surface area contributed by atoms with Crippen LogP contribution in [-0.4, -0.2) is 37.2 Å². The molecule has 0 unspecified atom stereocenters. The van der Waals surface area contributed by atoms with E-state index in [2.05, 4.69) is 22.6 Å². The van der Waals surface area contributed by atoms with E-state index in [-0.39, 0.29) is 0 Å². The van der Waals surface area contributed by atoms with Gasteiger partial charge in [-0.25, -0.2) is 0 Å². The second-order valence-corrected chi connectivity index (χ2v) is 3.46. The van der Waals surface area contributed by atoms with Gasteiger partial charge in [0.2, 0.25) is 0 Å². The molecule has 0 amide bonds. The van der Waals surface area contributed by atoms with Crippen LogP contribution in [0, 0.1) is 22.7 Å². The van der Waals surface area contributed by atoms with E-state index >= 15 is 0 Å². The van der Waals surface area contributed by atoms with Gasteiger partial charge in [-0.3, -0.25) is 10.0 Å². The van der Waals surface area contributed by atoms with Crippen LogP contribution >= 0.6 is 0 Å². The number of nitrogens with zero attached hydrogens (tertiary/aromatic N) is 6. The molecule has 0 spiro atoms. The normalized spacial score (nSPS) is 9.75. The molecule has 0 fully saturated rings. The van der Waals surface area contributed by atoms with Crippen molar-refractivity contribution in [1.82, 2.24) is 10.0 Å². The largest absolute Gasteiger partial charge is 0.280 e. The Morgan fingerprint density at radius 1 is 0.875 bits per heavy atom. The van der Waals surface area contributed by atoms with Crippen LogP contribution in [0.5, 0.6) is 0 Å². The molecule has 88 valence electrons. The van der Waals surface area contributed by atoms with Gasteiger partial charge in [-0.05, 0) is 12.8 Å². The third-order valence-electron chi connectivity index (χ3n) is 1.89. The Morgan fingerprint density at radius 2 is 1.25 bits per heavy atom. The summed E-state index contributed by atoms with van der Waals surface area (Å²) in [6.45, 7) is 1.45. The monoisotopic (exact) mass is 222 g/mol. The van der Waals surface area contributed by atoms with E-state index in [1.165, 1.54) is 0 Å². The summed E-state index contributed by atoms with van der Waals surface area (Å²) in [5.41, 5.74) is 0. The maximum atomic E-state index is 8.36. The highest BCUT2D eigenvalue weighted by molar-refractivity contribution is 4.69. The molecule has 0 heterocycles. The first-order valence-corrected chi connectivity index (χ1v) is 5.28. The topological polar surface area (TPSA) is 78.8 Å². The molecule has 0 bridgehead atoms. The number of nitriles is 2. The van der Waals surface area contributed by atoms with Crippen LogP contribution in [0.3, 0.4) is 0 Å². The molecule has 0 aliphatic rings. The second kappa shape index (κ2) is 9.72. The molecule has 0 radical (unpaired) electrons. The van der Waals surface area contributed by atoms with Crippen molar-refractivity contribution in [3.63, 3.8) is 0 Å². The lowest BCUT2D eigenvalue weighted by Crippen LogP contribution is -2.16. The van der Waals surface area contributed by atoms with E-state index in [1.807, 2.05) is 14.1 Å². The van der Waals surface area contributed by atoms with Gasteiger partial charge in [0.25, 0.3) is 0 Å². The summed E-state index contributed by atoms with van der Waals surface area (Å²) >= 11 is 0. The predicted octanol–water partition coefficient (Wildman–Crippen LogP) is 1.74. The smallest absolute Gasteiger partial charge is 0.0622 e. The van der Waals surface area contributed by atoms with Crippen molar-refractivity contribution in [1.29, 1.82) is 10.5 Å². The molecular formula is C10H18N6. The molecule has 0 rings (SSSR count). The number of rotatable bonds is 8. The zero-order chi connectivity index (χ0) is 12.2. The summed E-state index contributed by atoms with van der Waals surface area (Å²) in [4.78, 5) is 0. The minimum atomic E-state index is 0.540. The quantitative estimate of drug-likeness (QED) is 0.356. The van der Waals surface area contributed by atoms with Crippen LogP contribution in [-0.2, 0) is 0 Å². The van der Waals surface area contributed by atoms with E-state index in [0.717, 1.165) is 25.9 Å². The molecule has 0 aliphatic heterocycles. The predicted molar refractivity (Wildman–Crippen MR) is 59.8 cm³/mol. The average Bonchev–Trinajstić information content (AvgIpc) is 2.27. The van der Waals surface area contributed by atoms with Crippen LogP contribution in [0.2, 0.25) is 0 Å². The Labute approximate surface area is 96.7 Å². The third kappa shape index (κ3) is 8.76. The maximum absolute atomic E-state index is 8.36. The van der Waals surface area contributed by atoms with E-state index in [9.17, 15) is 0 Å². The summed E-state index contributed by atoms with van der Waals surface area (Å²) in [5.74, 6) is 0. The summed E-state index contributed by atoms with van der Waals surface area (Å²) in [6.07, 6.45) is 2.67. The van der Waals surface area contributed by atoms with Gasteiger partial charge in [0.05, 0.1) is 12.1 Å². The first-order valence-electron chi connectivity index (χ1n) is 5.28. The van der Waals surface area contributed by atoms with Gasteiger partial charge in [-0.1, -0.05) is 10.4 Å². The molecule has 0 saturated carbocycles. The minimum absolute atomic E-state index is 0.540. The highest BCUT2D eigenvalue weighted by Gasteiger charge is 1.95. The molecule has 0 aromatic rings. The molecule has 0 saturated heterocycles. The van der Waals surface area contributed by atoms with Crippen molar-refractivity contribution < 1.29 is 0 Å². The Balaban J connectivity index is 3.63. The highest BCUT2D eigenvalue weighted by atomic mass is 15.7. The lowest BCUT2D eigenvalue weighted by molar-refractivity contribution is 0.247. The van der Waals surface area contributed by atoms with Gasteiger partial charge in [-0.15, -0.1) is 0 Å². The van der Waals surface area contributed by atoms with Crippen LogP contribution < -0.4 is 0 Å². The van der Waals surface area contributed by atoms with Gasteiger partial charge >= 0.3 is 0 Å². The van der Waals surface area contributed by atoms with Crippen LogP contribution in [0.4, 0.5) is 0 Å². The number of unbranched alkanes of at least 4 members (excludes halogenated alkanes) is 2. The van der Waals surface area contributed by atoms with Gasteiger partial charge in [0, 0.05) is 40.0 Å². The summed E-state index contributed by atoms with van der Waals surface area (Å²) < 4.78 is 0. The minimum Gasteiger partial charge on any atom is -0.280 e. The SMILES string of the molecule is CN(CCCC#N)/N=N/N(C)CCCC#N. The molecule has 0 atom stereocenters. The summed E-state index contributed by atoms with van der Waals surface area (Å²) in [5, 5.41) is 28.1. The molecular weight excluding hydrogens is 204 g/mol. The fourth-order valence-corrected chi connectivity index (χ4v) is 1.000. The molecule has 6 heteroatoms. The van der Waals surface area contributed by atoms with Crippen molar-refractivity contribution in [3.8, 4) is 12.1 Å². The zero-order valence-electron chi connectivity index (χ0n) is 9.93. The Kier molecular flexibility index (Phi) is 8.62. The summed E-state index contributed by atoms with van der Waals surface area (Å²) in [7, 11) is 3.65. The molecule has 0 aromatic carbocycles. The van der Waals surface area contributed by atoms with Crippen LogP contribution in [0.25, 0.3) is 0 Å². The van der Waals surface area contributed by atoms with Crippen LogP contribution in [0.1, 0.15) is 25.7 Å². The van der Waals surface area contributed by atoms with E-state index in [1.54, 1.807) is 10.0 Å². The Bertz CT molecular complexity index is 246. The van der Waals surface area contributed by atoms with Gasteiger partial charge in [0.1, 0.15) is 0 Å². The lowest BCUT2D eigenvalue weighted by atomic mass is 10.3. The maximum Gasteiger partial charge on any atom is 0.0622 e. The lowest BCUT2D eigenvalue weighted by Gasteiger charge is -2.13. The van der Waals surface area contributed by atoms with Crippen molar-refractivity contribution in [2.24, 2.45) is 10.4 Å². The van der Waals surface area contributed by atoms with Gasteiger partial charge < -0.3 is 0 Å². The molecule has 0 N–H and O–H groups in total. The Hall–Kier alpha value is -1.82. The van der Waals surface area contributed by atoms with E-state index in [0.29, 0.717) is 12.8 Å². The third-order valence-corrected chi connectivity index (χ3v) is 1.89. The molecule has 0 aliphatic carbocycles. The van der Waals surface area contributed by atoms with E-state index < -0.39 is 0 Å². The first kappa shape index (κ1) is 14.2. The van der Waals surface area contributed by atoms with Crippen LogP contribution in [0.15, 0.2) is 10.4 Å². The molecule has 6 nitrogen and oxygen atoms in total. The number of hydrogen-bond acceptors (Lipinski definition) is 4. The highest BCUT2D eigenvalue weighted by Crippen LogP contribution is 1.96. The van der Waals surface area contributed by atoms with Crippen molar-refractivity contribution >= 4 is 0 Å². The zero-order valence-corrected chi connectivity index (χ0v) is 9.93.